The summed E-state index contributed by atoms with van der Waals surface area (Å²) < 4.78 is 81.9. The van der Waals surface area contributed by atoms with E-state index in [0.717, 1.165) is 0 Å². The van der Waals surface area contributed by atoms with Crippen molar-refractivity contribution in [1.29, 1.82) is 0 Å². The summed E-state index contributed by atoms with van der Waals surface area (Å²) in [7, 11) is 15.4. The first-order valence-electron chi connectivity index (χ1n) is 14.2. The molecule has 0 amide bonds. The van der Waals surface area contributed by atoms with Crippen LogP contribution in [0.3, 0.4) is 0 Å². The summed E-state index contributed by atoms with van der Waals surface area (Å²) in [5.74, 6) is 0. The van der Waals surface area contributed by atoms with Crippen LogP contribution in [0.5, 0.6) is 0 Å². The summed E-state index contributed by atoms with van der Waals surface area (Å²) >= 11 is 0. The molecule has 43 heavy (non-hydrogen) atoms. The van der Waals surface area contributed by atoms with Gasteiger partial charge in [0.15, 0.2) is 12.6 Å². The van der Waals surface area contributed by atoms with Gasteiger partial charge in [-0.3, -0.25) is 0 Å². The second kappa shape index (κ2) is 19.8. The molecule has 0 saturated carbocycles. The van der Waals surface area contributed by atoms with E-state index < -0.39 is 85.8 Å². The highest BCUT2D eigenvalue weighted by molar-refractivity contribution is 4.96. The second-order valence-corrected chi connectivity index (χ2v) is 10.4. The Hall–Kier alpha value is -0.600. The fourth-order valence-corrected chi connectivity index (χ4v) is 5.74. The summed E-state index contributed by atoms with van der Waals surface area (Å²) in [6.07, 6.45) is -10.8. The first kappa shape index (κ1) is 38.6. The third kappa shape index (κ3) is 9.47. The van der Waals surface area contributed by atoms with Gasteiger partial charge in [-0.1, -0.05) is 0 Å². The van der Waals surface area contributed by atoms with Crippen molar-refractivity contribution in [1.82, 2.24) is 0 Å². The van der Waals surface area contributed by atoms with Gasteiger partial charge >= 0.3 is 0 Å². The molecule has 0 aromatic carbocycles. The maximum atomic E-state index is 11.5. The maximum absolute atomic E-state index is 11.5. The first-order chi connectivity index (χ1) is 20.7. The second-order valence-electron chi connectivity index (χ2n) is 10.4. The topological polar surface area (TPSA) is 149 Å². The Morgan fingerprint density at radius 1 is 0.581 bits per heavy atom. The minimum absolute atomic E-state index is 0.0356. The van der Waals surface area contributed by atoms with E-state index in [1.54, 1.807) is 35.5 Å². The third-order valence-corrected chi connectivity index (χ3v) is 7.94. The van der Waals surface area contributed by atoms with E-state index in [4.69, 9.17) is 66.3 Å². The van der Waals surface area contributed by atoms with Crippen LogP contribution in [-0.2, 0) is 66.3 Å². The van der Waals surface area contributed by atoms with E-state index >= 15 is 0 Å². The van der Waals surface area contributed by atoms with Crippen molar-refractivity contribution in [3.8, 4) is 0 Å². The standard InChI is InChI=1S/C28H54O15/c1-15-20(35-7)24(37-9)26(39-11)27(40-15)43-23-19(29)16(12-30-2)41-28(25(23)38-10)42-22(18(34-6)14-32-4)21(36-8)17(33-5)13-31-3/h15-29H,12-14H2,1-11H3. The van der Waals surface area contributed by atoms with E-state index in [9.17, 15) is 5.11 Å². The number of aliphatic hydroxyl groups excluding tert-OH is 1. The van der Waals surface area contributed by atoms with Gasteiger partial charge in [-0.2, -0.15) is 0 Å². The van der Waals surface area contributed by atoms with Gasteiger partial charge in [-0.05, 0) is 6.92 Å². The van der Waals surface area contributed by atoms with Crippen molar-refractivity contribution in [2.75, 3.05) is 90.9 Å². The normalized spacial score (nSPS) is 36.3. The molecule has 0 aromatic rings. The molecule has 2 heterocycles. The molecule has 0 spiro atoms. The Morgan fingerprint density at radius 3 is 1.58 bits per heavy atom. The quantitative estimate of drug-likeness (QED) is 0.186. The van der Waals surface area contributed by atoms with Crippen LogP contribution in [0.15, 0.2) is 0 Å². The molecule has 15 nitrogen and oxygen atoms in total. The van der Waals surface area contributed by atoms with Crippen LogP contribution in [-0.4, -0.2) is 182 Å². The minimum Gasteiger partial charge on any atom is -0.387 e. The molecule has 14 atom stereocenters. The SMILES string of the molecule is COCC1OC(OC(C(COC)OC)C(OC)C(COC)OC)C(OC)C(OC2OC(C)C(OC)C(OC)C2OC)C1O. The Bertz CT molecular complexity index is 734. The fourth-order valence-electron chi connectivity index (χ4n) is 5.74. The Kier molecular flexibility index (Phi) is 17.8. The zero-order valence-corrected chi connectivity index (χ0v) is 27.4. The molecule has 256 valence electrons. The van der Waals surface area contributed by atoms with Gasteiger partial charge in [-0.15, -0.1) is 0 Å². The summed E-state index contributed by atoms with van der Waals surface area (Å²) in [5, 5.41) is 11.5. The lowest BCUT2D eigenvalue weighted by Crippen LogP contribution is -2.66. The van der Waals surface area contributed by atoms with Crippen molar-refractivity contribution < 1.29 is 71.4 Å². The molecule has 0 aliphatic carbocycles. The molecule has 2 aliphatic heterocycles. The summed E-state index contributed by atoms with van der Waals surface area (Å²) in [5.41, 5.74) is 0. The lowest BCUT2D eigenvalue weighted by molar-refractivity contribution is -0.373. The smallest absolute Gasteiger partial charge is 0.187 e. The molecular weight excluding hydrogens is 576 g/mol. The van der Waals surface area contributed by atoms with E-state index in [1.165, 1.54) is 35.5 Å². The number of hydrogen-bond acceptors (Lipinski definition) is 15. The van der Waals surface area contributed by atoms with Gasteiger partial charge in [0.05, 0.1) is 25.9 Å². The van der Waals surface area contributed by atoms with Crippen LogP contribution >= 0.6 is 0 Å². The highest BCUT2D eigenvalue weighted by atomic mass is 16.8. The molecule has 0 radical (unpaired) electrons. The molecule has 14 unspecified atom stereocenters. The molecule has 2 fully saturated rings. The summed E-state index contributed by atoms with van der Waals surface area (Å²) in [4.78, 5) is 0. The van der Waals surface area contributed by atoms with Crippen LogP contribution in [0.1, 0.15) is 6.92 Å². The van der Waals surface area contributed by atoms with E-state index in [0.29, 0.717) is 0 Å². The number of methoxy groups -OCH3 is 10. The number of aliphatic hydroxyl groups is 1. The van der Waals surface area contributed by atoms with Gasteiger partial charge in [0.2, 0.25) is 0 Å². The van der Waals surface area contributed by atoms with Gasteiger partial charge in [0.25, 0.3) is 0 Å². The largest absolute Gasteiger partial charge is 0.387 e. The van der Waals surface area contributed by atoms with Crippen LogP contribution in [0.2, 0.25) is 0 Å². The van der Waals surface area contributed by atoms with Gasteiger partial charge in [-0.25, -0.2) is 0 Å². The average Bonchev–Trinajstić information content (AvgIpc) is 3.01. The fraction of sp³-hybridized carbons (Fsp3) is 1.00. The first-order valence-corrected chi connectivity index (χ1v) is 14.2. The van der Waals surface area contributed by atoms with Gasteiger partial charge in [0.1, 0.15) is 67.1 Å². The van der Waals surface area contributed by atoms with E-state index in [-0.39, 0.29) is 19.8 Å². The van der Waals surface area contributed by atoms with Crippen molar-refractivity contribution >= 4 is 0 Å². The highest BCUT2D eigenvalue weighted by Gasteiger charge is 2.53. The zero-order valence-electron chi connectivity index (χ0n) is 27.4. The molecule has 2 saturated heterocycles. The number of ether oxygens (including phenoxy) is 14. The number of hydrogen-bond donors (Lipinski definition) is 1. The van der Waals surface area contributed by atoms with Crippen molar-refractivity contribution in [2.24, 2.45) is 0 Å². The molecule has 2 aliphatic rings. The predicted octanol–water partition coefficient (Wildman–Crippen LogP) is -0.368. The summed E-state index contributed by atoms with van der Waals surface area (Å²) in [6, 6.07) is 0. The van der Waals surface area contributed by atoms with Crippen LogP contribution in [0.4, 0.5) is 0 Å². The molecule has 1 N–H and O–H groups in total. The van der Waals surface area contributed by atoms with Gasteiger partial charge < -0.3 is 71.4 Å². The molecular formula is C28H54O15. The monoisotopic (exact) mass is 630 g/mol. The lowest BCUT2D eigenvalue weighted by Gasteiger charge is -2.49. The molecule has 0 aromatic heterocycles. The van der Waals surface area contributed by atoms with Crippen molar-refractivity contribution in [3.05, 3.63) is 0 Å². The highest BCUT2D eigenvalue weighted by Crippen LogP contribution is 2.34. The van der Waals surface area contributed by atoms with Crippen molar-refractivity contribution in [2.45, 2.75) is 92.8 Å². The molecule has 15 heteroatoms. The van der Waals surface area contributed by atoms with Crippen molar-refractivity contribution in [3.63, 3.8) is 0 Å². The third-order valence-electron chi connectivity index (χ3n) is 7.94. The Labute approximate surface area is 255 Å². The minimum atomic E-state index is -1.20. The predicted molar refractivity (Wildman–Crippen MR) is 150 cm³/mol. The molecule has 0 bridgehead atoms. The number of rotatable bonds is 20. The zero-order chi connectivity index (χ0) is 32.1. The van der Waals surface area contributed by atoms with Crippen LogP contribution < -0.4 is 0 Å². The van der Waals surface area contributed by atoms with E-state index in [1.807, 2.05) is 6.92 Å². The van der Waals surface area contributed by atoms with Crippen LogP contribution in [0, 0.1) is 0 Å². The Morgan fingerprint density at radius 2 is 1.12 bits per heavy atom. The van der Waals surface area contributed by atoms with E-state index in [2.05, 4.69) is 0 Å². The maximum Gasteiger partial charge on any atom is 0.187 e. The van der Waals surface area contributed by atoms with Gasteiger partial charge in [0, 0.05) is 71.1 Å². The molecule has 2 rings (SSSR count). The Balaban J connectivity index is 2.48. The summed E-state index contributed by atoms with van der Waals surface area (Å²) in [6.45, 7) is 2.26. The lowest BCUT2D eigenvalue weighted by atomic mass is 9.96. The van der Waals surface area contributed by atoms with Crippen LogP contribution in [0.25, 0.3) is 0 Å². The average molecular weight is 631 g/mol.